The maximum absolute atomic E-state index is 12.5. The number of pyridine rings is 1. The third-order valence-electron chi connectivity index (χ3n) is 3.71. The lowest BCUT2D eigenvalue weighted by atomic mass is 10.1. The first-order valence-electron chi connectivity index (χ1n) is 7.56. The Balaban J connectivity index is 1.75. The van der Waals surface area contributed by atoms with E-state index >= 15 is 0 Å². The zero-order chi connectivity index (χ0) is 16.4. The molecule has 0 fully saturated rings. The highest BCUT2D eigenvalue weighted by Gasteiger charge is 2.26. The van der Waals surface area contributed by atoms with E-state index in [0.717, 1.165) is 23.5 Å². The van der Waals surface area contributed by atoms with Crippen molar-refractivity contribution in [3.63, 3.8) is 0 Å². The van der Waals surface area contributed by atoms with Crippen molar-refractivity contribution in [2.75, 3.05) is 0 Å². The van der Waals surface area contributed by atoms with Crippen LogP contribution in [0.5, 0.6) is 0 Å². The molecule has 0 atom stereocenters. The first-order valence-corrected chi connectivity index (χ1v) is 7.56. The molecule has 3 rings (SSSR count). The number of aromatic nitrogens is 3. The van der Waals surface area contributed by atoms with Gasteiger partial charge in [0.2, 0.25) is 0 Å². The molecule has 0 saturated carbocycles. The molecule has 1 amide bonds. The minimum absolute atomic E-state index is 0.106. The number of nitriles is 1. The van der Waals surface area contributed by atoms with E-state index in [9.17, 15) is 4.79 Å². The van der Waals surface area contributed by atoms with Crippen molar-refractivity contribution in [3.8, 4) is 6.07 Å². The van der Waals surface area contributed by atoms with Crippen LogP contribution in [0.3, 0.4) is 0 Å². The summed E-state index contributed by atoms with van der Waals surface area (Å²) in [5.41, 5.74) is 2.70. The SMILES string of the molecule is CC(C)Cc1ncc2c(n1)CN(C(=O)c1ccc(C#N)nc1)C2. The average molecular weight is 307 g/mol. The summed E-state index contributed by atoms with van der Waals surface area (Å²) in [7, 11) is 0. The number of amides is 1. The number of nitrogens with zero attached hydrogens (tertiary/aromatic N) is 5. The molecule has 0 radical (unpaired) electrons. The molecule has 0 bridgehead atoms. The molecular formula is C17H17N5O. The molecule has 6 heteroatoms. The van der Waals surface area contributed by atoms with E-state index in [2.05, 4.69) is 28.8 Å². The van der Waals surface area contributed by atoms with E-state index in [4.69, 9.17) is 5.26 Å². The van der Waals surface area contributed by atoms with E-state index in [-0.39, 0.29) is 5.91 Å². The normalized spacial score (nSPS) is 13.0. The molecule has 2 aromatic heterocycles. The fraction of sp³-hybridized carbons (Fsp3) is 0.353. The lowest BCUT2D eigenvalue weighted by Gasteiger charge is -2.14. The summed E-state index contributed by atoms with van der Waals surface area (Å²) in [6.45, 7) is 5.26. The second kappa shape index (κ2) is 6.13. The average Bonchev–Trinajstić information content (AvgIpc) is 2.97. The quantitative estimate of drug-likeness (QED) is 0.867. The van der Waals surface area contributed by atoms with Crippen LogP contribution in [-0.2, 0) is 19.5 Å². The van der Waals surface area contributed by atoms with E-state index in [0.29, 0.717) is 30.3 Å². The van der Waals surface area contributed by atoms with Crippen molar-refractivity contribution in [3.05, 3.63) is 52.9 Å². The fourth-order valence-electron chi connectivity index (χ4n) is 2.57. The molecule has 6 nitrogen and oxygen atoms in total. The van der Waals surface area contributed by atoms with Gasteiger partial charge in [0.25, 0.3) is 5.91 Å². The zero-order valence-electron chi connectivity index (χ0n) is 13.2. The van der Waals surface area contributed by atoms with Crippen LogP contribution in [-0.4, -0.2) is 25.8 Å². The highest BCUT2D eigenvalue weighted by Crippen LogP contribution is 2.22. The van der Waals surface area contributed by atoms with Crippen molar-refractivity contribution >= 4 is 5.91 Å². The smallest absolute Gasteiger partial charge is 0.256 e. The van der Waals surface area contributed by atoms with Crippen molar-refractivity contribution in [2.45, 2.75) is 33.4 Å². The Morgan fingerprint density at radius 2 is 2.13 bits per heavy atom. The molecule has 0 unspecified atom stereocenters. The summed E-state index contributed by atoms with van der Waals surface area (Å²) < 4.78 is 0. The van der Waals surface area contributed by atoms with E-state index < -0.39 is 0 Å². The number of hydrogen-bond donors (Lipinski definition) is 0. The molecular weight excluding hydrogens is 290 g/mol. The fourth-order valence-corrected chi connectivity index (χ4v) is 2.57. The van der Waals surface area contributed by atoms with Crippen LogP contribution in [0.25, 0.3) is 0 Å². The second-order valence-corrected chi connectivity index (χ2v) is 6.06. The standard InChI is InChI=1S/C17H17N5O/c1-11(2)5-16-20-8-13-9-22(10-15(13)21-16)17(23)12-3-4-14(6-18)19-7-12/h3-4,7-8,11H,5,9-10H2,1-2H3. The van der Waals surface area contributed by atoms with Gasteiger partial charge in [-0.1, -0.05) is 13.8 Å². The molecule has 0 N–H and O–H groups in total. The van der Waals surface area contributed by atoms with Gasteiger partial charge in [0, 0.05) is 30.9 Å². The molecule has 1 aliphatic rings. The largest absolute Gasteiger partial charge is 0.328 e. The molecule has 3 heterocycles. The Labute approximate surface area is 134 Å². The molecule has 0 spiro atoms. The van der Waals surface area contributed by atoms with Crippen LogP contribution >= 0.6 is 0 Å². The van der Waals surface area contributed by atoms with Gasteiger partial charge in [-0.2, -0.15) is 5.26 Å². The van der Waals surface area contributed by atoms with Gasteiger partial charge in [0.05, 0.1) is 17.8 Å². The Kier molecular flexibility index (Phi) is 4.02. The van der Waals surface area contributed by atoms with E-state index in [1.54, 1.807) is 17.0 Å². The number of hydrogen-bond acceptors (Lipinski definition) is 5. The van der Waals surface area contributed by atoms with Gasteiger partial charge >= 0.3 is 0 Å². The Morgan fingerprint density at radius 1 is 1.30 bits per heavy atom. The summed E-state index contributed by atoms with van der Waals surface area (Å²) in [6, 6.07) is 5.13. The summed E-state index contributed by atoms with van der Waals surface area (Å²) in [4.78, 5) is 27.2. The van der Waals surface area contributed by atoms with Gasteiger partial charge in [-0.3, -0.25) is 4.79 Å². The van der Waals surface area contributed by atoms with Gasteiger partial charge in [-0.05, 0) is 18.1 Å². The molecule has 23 heavy (non-hydrogen) atoms. The van der Waals surface area contributed by atoms with Gasteiger partial charge in [-0.15, -0.1) is 0 Å². The Morgan fingerprint density at radius 3 is 2.78 bits per heavy atom. The summed E-state index contributed by atoms with van der Waals surface area (Å²) in [6.07, 6.45) is 4.10. The van der Waals surface area contributed by atoms with Crippen LogP contribution in [0.2, 0.25) is 0 Å². The summed E-state index contributed by atoms with van der Waals surface area (Å²) >= 11 is 0. The summed E-state index contributed by atoms with van der Waals surface area (Å²) in [5.74, 6) is 1.22. The predicted octanol–water partition coefficient (Wildman–Crippen LogP) is 2.10. The highest BCUT2D eigenvalue weighted by molar-refractivity contribution is 5.94. The molecule has 0 saturated heterocycles. The van der Waals surface area contributed by atoms with E-state index in [1.807, 2.05) is 12.3 Å². The Bertz CT molecular complexity index is 777. The van der Waals surface area contributed by atoms with Crippen LogP contribution in [0.4, 0.5) is 0 Å². The van der Waals surface area contributed by atoms with Gasteiger partial charge < -0.3 is 4.90 Å². The number of fused-ring (bicyclic) bond motifs is 1. The molecule has 1 aliphatic heterocycles. The molecule has 0 aliphatic carbocycles. The van der Waals surface area contributed by atoms with E-state index in [1.165, 1.54) is 6.20 Å². The number of carbonyl (C=O) groups excluding carboxylic acids is 1. The highest BCUT2D eigenvalue weighted by atomic mass is 16.2. The van der Waals surface area contributed by atoms with Crippen LogP contribution < -0.4 is 0 Å². The van der Waals surface area contributed by atoms with Crippen molar-refractivity contribution < 1.29 is 4.79 Å². The first kappa shape index (κ1) is 15.1. The second-order valence-electron chi connectivity index (χ2n) is 6.06. The maximum Gasteiger partial charge on any atom is 0.256 e. The van der Waals surface area contributed by atoms with Crippen LogP contribution in [0, 0.1) is 17.2 Å². The molecule has 2 aromatic rings. The Hall–Kier alpha value is -2.81. The zero-order valence-corrected chi connectivity index (χ0v) is 13.2. The van der Waals surface area contributed by atoms with Crippen LogP contribution in [0.1, 0.15) is 47.0 Å². The topological polar surface area (TPSA) is 82.8 Å². The molecule has 0 aromatic carbocycles. The predicted molar refractivity (Wildman–Crippen MR) is 83.1 cm³/mol. The third-order valence-corrected chi connectivity index (χ3v) is 3.71. The van der Waals surface area contributed by atoms with Crippen molar-refractivity contribution in [1.29, 1.82) is 5.26 Å². The lowest BCUT2D eigenvalue weighted by molar-refractivity contribution is 0.0750. The third kappa shape index (κ3) is 3.19. The van der Waals surface area contributed by atoms with Gasteiger partial charge in [-0.25, -0.2) is 15.0 Å². The van der Waals surface area contributed by atoms with Crippen LogP contribution in [0.15, 0.2) is 24.5 Å². The lowest BCUT2D eigenvalue weighted by Crippen LogP contribution is -2.25. The minimum Gasteiger partial charge on any atom is -0.328 e. The van der Waals surface area contributed by atoms with Crippen molar-refractivity contribution in [2.24, 2.45) is 5.92 Å². The summed E-state index contributed by atoms with van der Waals surface area (Å²) in [5, 5.41) is 8.76. The first-order chi connectivity index (χ1) is 11.1. The maximum atomic E-state index is 12.5. The van der Waals surface area contributed by atoms with Crippen molar-refractivity contribution in [1.82, 2.24) is 19.9 Å². The van der Waals surface area contributed by atoms with Gasteiger partial charge in [0.1, 0.15) is 17.6 Å². The number of rotatable bonds is 3. The monoisotopic (exact) mass is 307 g/mol. The number of carbonyl (C=O) groups is 1. The van der Waals surface area contributed by atoms with Gasteiger partial charge in [0.15, 0.2) is 0 Å². The minimum atomic E-state index is -0.106. The molecule has 116 valence electrons.